The van der Waals surface area contributed by atoms with Gasteiger partial charge < -0.3 is 11.1 Å². The van der Waals surface area contributed by atoms with Gasteiger partial charge in [0.05, 0.1) is 16.8 Å². The summed E-state index contributed by atoms with van der Waals surface area (Å²) < 4.78 is 40.7. The van der Waals surface area contributed by atoms with Crippen LogP contribution in [0.1, 0.15) is 34.0 Å². The van der Waals surface area contributed by atoms with E-state index in [-0.39, 0.29) is 11.1 Å². The maximum absolute atomic E-state index is 13.6. The Labute approximate surface area is 172 Å². The predicted octanol–water partition coefficient (Wildman–Crippen LogP) is 4.85. The van der Waals surface area contributed by atoms with Crippen LogP contribution in [-0.2, 0) is 12.7 Å². The molecular formula is C23H18F3N3O. The summed E-state index contributed by atoms with van der Waals surface area (Å²) in [6.45, 7) is 1.82. The van der Waals surface area contributed by atoms with Crippen molar-refractivity contribution in [3.63, 3.8) is 0 Å². The van der Waals surface area contributed by atoms with Crippen LogP contribution in [-0.4, -0.2) is 10.9 Å². The van der Waals surface area contributed by atoms with Crippen molar-refractivity contribution >= 4 is 11.6 Å². The van der Waals surface area contributed by atoms with E-state index in [0.717, 1.165) is 11.6 Å². The second-order valence-corrected chi connectivity index (χ2v) is 6.43. The molecule has 0 unspecified atom stereocenters. The molecular weight excluding hydrogens is 391 g/mol. The lowest BCUT2D eigenvalue weighted by atomic mass is 9.95. The number of anilines is 1. The highest BCUT2D eigenvalue weighted by Gasteiger charge is 2.33. The fourth-order valence-corrected chi connectivity index (χ4v) is 3.07. The molecule has 0 saturated carbocycles. The van der Waals surface area contributed by atoms with Gasteiger partial charge in [0.2, 0.25) is 0 Å². The number of nitrogens with zero attached hydrogens (tertiary/aromatic N) is 1. The first-order valence-corrected chi connectivity index (χ1v) is 9.01. The number of pyridine rings is 1. The van der Waals surface area contributed by atoms with Crippen molar-refractivity contribution in [1.29, 1.82) is 0 Å². The van der Waals surface area contributed by atoms with E-state index in [0.29, 0.717) is 23.4 Å². The van der Waals surface area contributed by atoms with Crippen LogP contribution in [0.2, 0.25) is 0 Å². The molecule has 1 amide bonds. The average molecular weight is 409 g/mol. The van der Waals surface area contributed by atoms with Gasteiger partial charge in [0.25, 0.3) is 5.91 Å². The third-order valence-electron chi connectivity index (χ3n) is 4.44. The Hall–Kier alpha value is -3.79. The van der Waals surface area contributed by atoms with E-state index in [1.54, 1.807) is 42.7 Å². The first-order chi connectivity index (χ1) is 14.3. The number of rotatable bonds is 5. The van der Waals surface area contributed by atoms with Gasteiger partial charge in [0.1, 0.15) is 0 Å². The first kappa shape index (κ1) is 20.9. The number of aromatic nitrogens is 1. The molecule has 7 heteroatoms. The number of primary amides is 1. The Balaban J connectivity index is 2.12. The number of benzene rings is 2. The van der Waals surface area contributed by atoms with Gasteiger partial charge in [-0.25, -0.2) is 0 Å². The number of nitrogens with two attached hydrogens (primary N) is 1. The number of para-hydroxylation sites is 1. The van der Waals surface area contributed by atoms with Crippen LogP contribution in [0.3, 0.4) is 0 Å². The Morgan fingerprint density at radius 1 is 1.13 bits per heavy atom. The molecule has 0 aliphatic heterocycles. The number of carbonyl (C=O) groups excluding carboxylic acids is 1. The molecule has 3 N–H and O–H groups in total. The summed E-state index contributed by atoms with van der Waals surface area (Å²) in [5.74, 6) is 4.31. The second kappa shape index (κ2) is 8.70. The zero-order chi connectivity index (χ0) is 21.7. The summed E-state index contributed by atoms with van der Waals surface area (Å²) in [7, 11) is 0. The minimum Gasteiger partial charge on any atom is -0.380 e. The van der Waals surface area contributed by atoms with Gasteiger partial charge in [0.15, 0.2) is 0 Å². The summed E-state index contributed by atoms with van der Waals surface area (Å²) in [5.41, 5.74) is 6.74. The van der Waals surface area contributed by atoms with E-state index in [2.05, 4.69) is 22.1 Å². The van der Waals surface area contributed by atoms with E-state index in [4.69, 9.17) is 5.73 Å². The summed E-state index contributed by atoms with van der Waals surface area (Å²) in [6, 6.07) is 12.3. The molecule has 3 aromatic rings. The Morgan fingerprint density at radius 2 is 1.87 bits per heavy atom. The van der Waals surface area contributed by atoms with Crippen LogP contribution < -0.4 is 11.1 Å². The lowest BCUT2D eigenvalue weighted by Crippen LogP contribution is -2.15. The van der Waals surface area contributed by atoms with Gasteiger partial charge in [-0.2, -0.15) is 13.2 Å². The largest absolute Gasteiger partial charge is 0.417 e. The Bertz CT molecular complexity index is 1130. The molecule has 0 aliphatic rings. The number of halogens is 3. The molecule has 0 fully saturated rings. The molecule has 152 valence electrons. The molecule has 1 heterocycles. The molecule has 0 radical (unpaired) electrons. The van der Waals surface area contributed by atoms with Gasteiger partial charge in [-0.1, -0.05) is 24.1 Å². The SMILES string of the molecule is CC#Cc1ccc(-c2cccc(C(N)=O)c2NCc2ccncc2)cc1C(F)(F)F. The van der Waals surface area contributed by atoms with Crippen LogP contribution in [0.25, 0.3) is 11.1 Å². The molecule has 0 aliphatic carbocycles. The van der Waals surface area contributed by atoms with Gasteiger partial charge >= 0.3 is 6.18 Å². The Kier molecular flexibility index (Phi) is 6.07. The van der Waals surface area contributed by atoms with Crippen molar-refractivity contribution in [1.82, 2.24) is 4.98 Å². The van der Waals surface area contributed by atoms with Gasteiger partial charge in [0, 0.05) is 30.1 Å². The number of hydrogen-bond acceptors (Lipinski definition) is 3. The predicted molar refractivity (Wildman–Crippen MR) is 110 cm³/mol. The highest BCUT2D eigenvalue weighted by molar-refractivity contribution is 6.02. The first-order valence-electron chi connectivity index (χ1n) is 9.01. The third-order valence-corrected chi connectivity index (χ3v) is 4.44. The van der Waals surface area contributed by atoms with Gasteiger partial charge in [-0.15, -0.1) is 5.92 Å². The molecule has 4 nitrogen and oxygen atoms in total. The average Bonchev–Trinajstić information content (AvgIpc) is 2.72. The van der Waals surface area contributed by atoms with Crippen molar-refractivity contribution in [3.8, 4) is 23.0 Å². The highest BCUT2D eigenvalue weighted by atomic mass is 19.4. The number of nitrogens with one attached hydrogen (secondary N) is 1. The minimum atomic E-state index is -4.57. The van der Waals surface area contributed by atoms with Crippen molar-refractivity contribution in [2.75, 3.05) is 5.32 Å². The number of alkyl halides is 3. The highest BCUT2D eigenvalue weighted by Crippen LogP contribution is 2.37. The number of amides is 1. The quantitative estimate of drug-likeness (QED) is 0.592. The van der Waals surface area contributed by atoms with Crippen LogP contribution >= 0.6 is 0 Å². The summed E-state index contributed by atoms with van der Waals surface area (Å²) in [5, 5.41) is 3.14. The maximum atomic E-state index is 13.6. The molecule has 0 saturated heterocycles. The van der Waals surface area contributed by atoms with Crippen LogP contribution in [0.15, 0.2) is 60.9 Å². The van der Waals surface area contributed by atoms with E-state index in [1.807, 2.05) is 0 Å². The smallest absolute Gasteiger partial charge is 0.380 e. The van der Waals surface area contributed by atoms with E-state index < -0.39 is 17.6 Å². The van der Waals surface area contributed by atoms with E-state index in [1.165, 1.54) is 19.1 Å². The van der Waals surface area contributed by atoms with Crippen molar-refractivity contribution in [3.05, 3.63) is 83.2 Å². The molecule has 3 rings (SSSR count). The van der Waals surface area contributed by atoms with Crippen molar-refractivity contribution in [2.24, 2.45) is 5.73 Å². The zero-order valence-corrected chi connectivity index (χ0v) is 16.0. The molecule has 0 atom stereocenters. The van der Waals surface area contributed by atoms with E-state index in [9.17, 15) is 18.0 Å². The topological polar surface area (TPSA) is 68.0 Å². The third kappa shape index (κ3) is 4.61. The Morgan fingerprint density at radius 3 is 2.50 bits per heavy atom. The summed E-state index contributed by atoms with van der Waals surface area (Å²) in [6.07, 6.45) is -1.32. The lowest BCUT2D eigenvalue weighted by Gasteiger charge is -2.17. The van der Waals surface area contributed by atoms with Crippen LogP contribution in [0, 0.1) is 11.8 Å². The van der Waals surface area contributed by atoms with Crippen molar-refractivity contribution < 1.29 is 18.0 Å². The normalized spacial score (nSPS) is 10.8. The van der Waals surface area contributed by atoms with Crippen LogP contribution in [0.5, 0.6) is 0 Å². The van der Waals surface area contributed by atoms with E-state index >= 15 is 0 Å². The van der Waals surface area contributed by atoms with Crippen molar-refractivity contribution in [2.45, 2.75) is 19.6 Å². The summed E-state index contributed by atoms with van der Waals surface area (Å²) in [4.78, 5) is 15.9. The fraction of sp³-hybridized carbons (Fsp3) is 0.130. The van der Waals surface area contributed by atoms with Crippen LogP contribution in [0.4, 0.5) is 18.9 Å². The lowest BCUT2D eigenvalue weighted by molar-refractivity contribution is -0.137. The maximum Gasteiger partial charge on any atom is 0.417 e. The standard InChI is InChI=1S/C23H18F3N3O/c1-2-4-16-7-8-17(13-20(16)23(24,25)26)18-5-3-6-19(22(27)30)21(18)29-14-15-9-11-28-12-10-15/h3,5-13,29H,14H2,1H3,(H2,27,30). The second-order valence-electron chi connectivity index (χ2n) is 6.43. The van der Waals surface area contributed by atoms with Gasteiger partial charge in [-0.3, -0.25) is 9.78 Å². The van der Waals surface area contributed by atoms with Gasteiger partial charge in [-0.05, 0) is 48.4 Å². The minimum absolute atomic E-state index is 0.105. The number of hydrogen-bond donors (Lipinski definition) is 2. The molecule has 2 aromatic carbocycles. The summed E-state index contributed by atoms with van der Waals surface area (Å²) >= 11 is 0. The number of carbonyl (C=O) groups is 1. The molecule has 1 aromatic heterocycles. The monoisotopic (exact) mass is 409 g/mol. The fourth-order valence-electron chi connectivity index (χ4n) is 3.07. The molecule has 30 heavy (non-hydrogen) atoms. The molecule has 0 bridgehead atoms. The zero-order valence-electron chi connectivity index (χ0n) is 16.0. The molecule has 0 spiro atoms.